The van der Waals surface area contributed by atoms with E-state index < -0.39 is 5.97 Å². The monoisotopic (exact) mass is 392 g/mol. The van der Waals surface area contributed by atoms with E-state index in [1.165, 1.54) is 38.7 Å². The second-order valence-electron chi connectivity index (χ2n) is 6.04. The highest BCUT2D eigenvalue weighted by Crippen LogP contribution is 2.36. The standard InChI is InChI=1S/C22H16O7/c1-25-16-6-3-7-17(26-2)20(16)22(24)28-14-8-9-15-18(12-14)29-19(21(15)23)11-13-5-4-10-27-13/h3-12H,1-2H3/b19-11-. The van der Waals surface area contributed by atoms with Crippen LogP contribution in [-0.2, 0) is 0 Å². The summed E-state index contributed by atoms with van der Waals surface area (Å²) in [6, 6.07) is 12.9. The van der Waals surface area contributed by atoms with E-state index in [9.17, 15) is 9.59 Å². The Morgan fingerprint density at radius 1 is 1.00 bits per heavy atom. The van der Waals surface area contributed by atoms with E-state index in [1.54, 1.807) is 36.4 Å². The molecule has 2 heterocycles. The first-order valence-corrected chi connectivity index (χ1v) is 8.65. The summed E-state index contributed by atoms with van der Waals surface area (Å²) in [6.45, 7) is 0. The van der Waals surface area contributed by atoms with Gasteiger partial charge in [-0.2, -0.15) is 0 Å². The van der Waals surface area contributed by atoms with Crippen molar-refractivity contribution in [3.63, 3.8) is 0 Å². The number of rotatable bonds is 5. The maximum Gasteiger partial charge on any atom is 0.351 e. The minimum Gasteiger partial charge on any atom is -0.496 e. The molecular weight excluding hydrogens is 376 g/mol. The van der Waals surface area contributed by atoms with Gasteiger partial charge in [0, 0.05) is 12.1 Å². The van der Waals surface area contributed by atoms with E-state index in [2.05, 4.69) is 0 Å². The predicted octanol–water partition coefficient (Wildman–Crippen LogP) is 4.13. The lowest BCUT2D eigenvalue weighted by Gasteiger charge is -2.12. The molecule has 2 aromatic carbocycles. The van der Waals surface area contributed by atoms with Gasteiger partial charge in [-0.1, -0.05) is 6.07 Å². The lowest BCUT2D eigenvalue weighted by molar-refractivity contribution is 0.0727. The summed E-state index contributed by atoms with van der Waals surface area (Å²) in [5, 5.41) is 0. The number of benzene rings is 2. The van der Waals surface area contributed by atoms with Gasteiger partial charge >= 0.3 is 5.97 Å². The minimum absolute atomic E-state index is 0.129. The number of carbonyl (C=O) groups excluding carboxylic acids is 2. The number of ketones is 1. The van der Waals surface area contributed by atoms with Gasteiger partial charge in [0.15, 0.2) is 5.76 Å². The van der Waals surface area contributed by atoms with E-state index in [-0.39, 0.29) is 22.9 Å². The molecule has 0 radical (unpaired) electrons. The van der Waals surface area contributed by atoms with E-state index in [1.807, 2.05) is 0 Å². The van der Waals surface area contributed by atoms with E-state index in [4.69, 9.17) is 23.4 Å². The Morgan fingerprint density at radius 2 is 1.76 bits per heavy atom. The van der Waals surface area contributed by atoms with Crippen LogP contribution >= 0.6 is 0 Å². The fourth-order valence-electron chi connectivity index (χ4n) is 2.94. The van der Waals surface area contributed by atoms with Crippen LogP contribution in [0.1, 0.15) is 26.5 Å². The molecule has 7 heteroatoms. The van der Waals surface area contributed by atoms with E-state index >= 15 is 0 Å². The number of Topliss-reactive ketones (excluding diaryl/α,β-unsaturated/α-hetero) is 1. The summed E-state index contributed by atoms with van der Waals surface area (Å²) in [5.74, 6) is 0.853. The van der Waals surface area contributed by atoms with Crippen LogP contribution in [0.3, 0.4) is 0 Å². The van der Waals surface area contributed by atoms with Gasteiger partial charge in [0.2, 0.25) is 5.78 Å². The highest BCUT2D eigenvalue weighted by atomic mass is 16.5. The number of allylic oxidation sites excluding steroid dienone is 1. The molecular formula is C22H16O7. The van der Waals surface area contributed by atoms with Gasteiger partial charge in [0.25, 0.3) is 0 Å². The quantitative estimate of drug-likeness (QED) is 0.367. The van der Waals surface area contributed by atoms with Gasteiger partial charge in [-0.05, 0) is 36.4 Å². The molecule has 1 aliphatic heterocycles. The molecule has 0 saturated heterocycles. The molecule has 0 fully saturated rings. The molecule has 0 N–H and O–H groups in total. The van der Waals surface area contributed by atoms with Crippen LogP contribution < -0.4 is 18.9 Å². The van der Waals surface area contributed by atoms with Gasteiger partial charge in [-0.25, -0.2) is 4.79 Å². The largest absolute Gasteiger partial charge is 0.496 e. The highest BCUT2D eigenvalue weighted by molar-refractivity contribution is 6.14. The van der Waals surface area contributed by atoms with Crippen molar-refractivity contribution in [1.29, 1.82) is 0 Å². The van der Waals surface area contributed by atoms with Crippen molar-refractivity contribution in [2.45, 2.75) is 0 Å². The van der Waals surface area contributed by atoms with Crippen molar-refractivity contribution in [2.75, 3.05) is 14.2 Å². The van der Waals surface area contributed by atoms with Gasteiger partial charge in [-0.15, -0.1) is 0 Å². The first-order valence-electron chi connectivity index (χ1n) is 8.65. The van der Waals surface area contributed by atoms with Crippen molar-refractivity contribution < 1.29 is 33.0 Å². The normalized spacial score (nSPS) is 13.7. The smallest absolute Gasteiger partial charge is 0.351 e. The Kier molecular flexibility index (Phi) is 4.78. The van der Waals surface area contributed by atoms with Crippen LogP contribution in [0.15, 0.2) is 65.0 Å². The first kappa shape index (κ1) is 18.4. The topological polar surface area (TPSA) is 84.2 Å². The molecule has 0 aliphatic carbocycles. The molecule has 1 aliphatic rings. The van der Waals surface area contributed by atoms with Crippen LogP contribution in [0.25, 0.3) is 6.08 Å². The summed E-state index contributed by atoms with van der Waals surface area (Å²) >= 11 is 0. The number of methoxy groups -OCH3 is 2. The molecule has 4 rings (SSSR count). The molecule has 0 unspecified atom stereocenters. The fraction of sp³-hybridized carbons (Fsp3) is 0.0909. The molecule has 29 heavy (non-hydrogen) atoms. The predicted molar refractivity (Wildman–Crippen MR) is 103 cm³/mol. The van der Waals surface area contributed by atoms with Gasteiger partial charge < -0.3 is 23.4 Å². The third-order valence-corrected chi connectivity index (χ3v) is 4.30. The Hall–Kier alpha value is -4.00. The van der Waals surface area contributed by atoms with Crippen molar-refractivity contribution >= 4 is 17.8 Å². The molecule has 0 bridgehead atoms. The Balaban J connectivity index is 1.59. The molecule has 7 nitrogen and oxygen atoms in total. The number of carbonyl (C=O) groups is 2. The molecule has 0 atom stereocenters. The average molecular weight is 392 g/mol. The van der Waals surface area contributed by atoms with Crippen molar-refractivity contribution in [1.82, 2.24) is 0 Å². The van der Waals surface area contributed by atoms with Gasteiger partial charge in [0.1, 0.15) is 34.3 Å². The Labute approximate surface area is 166 Å². The molecule has 146 valence electrons. The number of hydrogen-bond acceptors (Lipinski definition) is 7. The Bertz CT molecular complexity index is 1090. The molecule has 1 aromatic heterocycles. The molecule has 0 spiro atoms. The second kappa shape index (κ2) is 7.55. The first-order chi connectivity index (χ1) is 14.1. The van der Waals surface area contributed by atoms with Crippen molar-refractivity contribution in [3.05, 3.63) is 77.4 Å². The zero-order valence-electron chi connectivity index (χ0n) is 15.6. The number of fused-ring (bicyclic) bond motifs is 1. The van der Waals surface area contributed by atoms with Gasteiger partial charge in [0.05, 0.1) is 26.0 Å². The summed E-state index contributed by atoms with van der Waals surface area (Å²) in [6.07, 6.45) is 3.01. The summed E-state index contributed by atoms with van der Waals surface area (Å²) < 4.78 is 26.8. The van der Waals surface area contributed by atoms with Crippen molar-refractivity contribution in [2.24, 2.45) is 0 Å². The van der Waals surface area contributed by atoms with Crippen LogP contribution in [-0.4, -0.2) is 26.0 Å². The number of ether oxygens (including phenoxy) is 4. The van der Waals surface area contributed by atoms with Crippen LogP contribution in [0.2, 0.25) is 0 Å². The lowest BCUT2D eigenvalue weighted by Crippen LogP contribution is -2.12. The second-order valence-corrected chi connectivity index (χ2v) is 6.04. The zero-order valence-corrected chi connectivity index (χ0v) is 15.6. The number of hydrogen-bond donors (Lipinski definition) is 0. The van der Waals surface area contributed by atoms with Gasteiger partial charge in [-0.3, -0.25) is 4.79 Å². The van der Waals surface area contributed by atoms with E-state index in [0.717, 1.165) is 0 Å². The minimum atomic E-state index is -0.657. The SMILES string of the molecule is COc1cccc(OC)c1C(=O)Oc1ccc2c(c1)O/C(=C\c1ccco1)C2=O. The van der Waals surface area contributed by atoms with Crippen LogP contribution in [0, 0.1) is 0 Å². The van der Waals surface area contributed by atoms with Crippen molar-refractivity contribution in [3.8, 4) is 23.0 Å². The highest BCUT2D eigenvalue weighted by Gasteiger charge is 2.29. The third kappa shape index (κ3) is 3.45. The van der Waals surface area contributed by atoms with E-state index in [0.29, 0.717) is 28.6 Å². The zero-order chi connectivity index (χ0) is 20.4. The maximum absolute atomic E-state index is 12.7. The third-order valence-electron chi connectivity index (χ3n) is 4.30. The summed E-state index contributed by atoms with van der Waals surface area (Å²) in [5.41, 5.74) is 0.533. The lowest BCUT2D eigenvalue weighted by atomic mass is 10.1. The summed E-state index contributed by atoms with van der Waals surface area (Å²) in [4.78, 5) is 25.2. The summed E-state index contributed by atoms with van der Waals surface area (Å²) in [7, 11) is 2.90. The number of furan rings is 1. The maximum atomic E-state index is 12.7. The molecule has 0 amide bonds. The Morgan fingerprint density at radius 3 is 2.41 bits per heavy atom. The number of esters is 1. The van der Waals surface area contributed by atoms with Crippen LogP contribution in [0.5, 0.6) is 23.0 Å². The molecule has 0 saturated carbocycles. The average Bonchev–Trinajstić information content (AvgIpc) is 3.35. The fourth-order valence-corrected chi connectivity index (χ4v) is 2.94. The molecule has 3 aromatic rings. The van der Waals surface area contributed by atoms with Crippen LogP contribution in [0.4, 0.5) is 0 Å².